The van der Waals surface area contributed by atoms with Crippen LogP contribution in [0.2, 0.25) is 5.02 Å². The van der Waals surface area contributed by atoms with Crippen LogP contribution >= 0.6 is 11.6 Å². The van der Waals surface area contributed by atoms with Crippen molar-refractivity contribution in [2.75, 3.05) is 5.32 Å². The Labute approximate surface area is 176 Å². The predicted molar refractivity (Wildman–Crippen MR) is 120 cm³/mol. The predicted octanol–water partition coefficient (Wildman–Crippen LogP) is 6.43. The van der Waals surface area contributed by atoms with Gasteiger partial charge in [0.2, 0.25) is 0 Å². The lowest BCUT2D eigenvalue weighted by atomic mass is 9.79. The number of anilines is 1. The number of halogens is 1. The highest BCUT2D eigenvalue weighted by atomic mass is 35.5. The van der Waals surface area contributed by atoms with Gasteiger partial charge in [-0.2, -0.15) is 0 Å². The molecule has 146 valence electrons. The molecule has 1 aliphatic carbocycles. The van der Waals surface area contributed by atoms with E-state index in [1.54, 1.807) is 12.4 Å². The first kappa shape index (κ1) is 19.4. The zero-order chi connectivity index (χ0) is 20.5. The van der Waals surface area contributed by atoms with Crippen molar-refractivity contribution in [3.63, 3.8) is 0 Å². The number of Topliss-reactive ketones (excluding diaryl/α,β-unsaturated/α-hetero) is 1. The summed E-state index contributed by atoms with van der Waals surface area (Å²) in [6.45, 7) is 6.08. The maximum absolute atomic E-state index is 13.2. The SMILES string of the molecule is CC1=C(c2ccccc2)Cc2c(cc(C)cc2[C@@H](C)Nc2cncc(Cl)c2)C1=O. The summed E-state index contributed by atoms with van der Waals surface area (Å²) in [4.78, 5) is 17.4. The third-order valence-corrected chi connectivity index (χ3v) is 5.70. The average molecular weight is 403 g/mol. The molecule has 1 heterocycles. The fraction of sp³-hybridized carbons (Fsp3) is 0.200. The van der Waals surface area contributed by atoms with Crippen molar-refractivity contribution in [2.45, 2.75) is 33.2 Å². The van der Waals surface area contributed by atoms with E-state index >= 15 is 0 Å². The Kier molecular flexibility index (Phi) is 5.25. The maximum Gasteiger partial charge on any atom is 0.189 e. The molecule has 0 aliphatic heterocycles. The van der Waals surface area contributed by atoms with E-state index in [-0.39, 0.29) is 11.8 Å². The zero-order valence-electron chi connectivity index (χ0n) is 16.8. The van der Waals surface area contributed by atoms with Crippen molar-refractivity contribution < 1.29 is 4.79 Å². The van der Waals surface area contributed by atoms with Crippen molar-refractivity contribution in [3.05, 3.63) is 99.3 Å². The molecule has 0 saturated carbocycles. The standard InChI is InChI=1S/C25H23ClN2O/c1-15-9-22(17(3)28-20-11-19(26)13-27-14-20)23-12-21(18-7-5-4-6-8-18)16(2)25(29)24(23)10-15/h4-11,13-14,17,28H,12H2,1-3H3/t17-/m1/s1. The first-order chi connectivity index (χ1) is 13.9. The van der Waals surface area contributed by atoms with Crippen LogP contribution < -0.4 is 5.32 Å². The van der Waals surface area contributed by atoms with Crippen LogP contribution in [0, 0.1) is 6.92 Å². The van der Waals surface area contributed by atoms with E-state index in [1.807, 2.05) is 44.2 Å². The number of nitrogens with one attached hydrogen (secondary N) is 1. The molecule has 4 rings (SSSR count). The molecule has 2 aromatic carbocycles. The van der Waals surface area contributed by atoms with Gasteiger partial charge in [0.15, 0.2) is 5.78 Å². The number of hydrogen-bond donors (Lipinski definition) is 1. The second-order valence-electron chi connectivity index (χ2n) is 7.61. The molecule has 1 N–H and O–H groups in total. The number of benzene rings is 2. The van der Waals surface area contributed by atoms with Crippen LogP contribution in [0.3, 0.4) is 0 Å². The molecule has 0 amide bonds. The van der Waals surface area contributed by atoms with Crippen LogP contribution in [-0.4, -0.2) is 10.8 Å². The molecule has 29 heavy (non-hydrogen) atoms. The van der Waals surface area contributed by atoms with E-state index in [1.165, 1.54) is 0 Å². The van der Waals surface area contributed by atoms with Gasteiger partial charge in [-0.05, 0) is 61.6 Å². The fourth-order valence-electron chi connectivity index (χ4n) is 4.06. The highest BCUT2D eigenvalue weighted by Gasteiger charge is 2.27. The number of allylic oxidation sites excluding steroid dienone is 2. The lowest BCUT2D eigenvalue weighted by Crippen LogP contribution is -2.19. The Morgan fingerprint density at radius 1 is 1.07 bits per heavy atom. The number of carbonyl (C=O) groups is 1. The van der Waals surface area contributed by atoms with Crippen molar-refractivity contribution >= 4 is 28.6 Å². The molecule has 1 atom stereocenters. The summed E-state index contributed by atoms with van der Waals surface area (Å²) >= 11 is 6.08. The second-order valence-corrected chi connectivity index (χ2v) is 8.05. The van der Waals surface area contributed by atoms with Gasteiger partial charge in [0.25, 0.3) is 0 Å². The summed E-state index contributed by atoms with van der Waals surface area (Å²) in [5, 5.41) is 4.07. The number of nitrogens with zero attached hydrogens (tertiary/aromatic N) is 1. The smallest absolute Gasteiger partial charge is 0.189 e. The summed E-state index contributed by atoms with van der Waals surface area (Å²) in [7, 11) is 0. The van der Waals surface area contributed by atoms with E-state index in [2.05, 4.69) is 35.4 Å². The minimum absolute atomic E-state index is 0.00662. The number of fused-ring (bicyclic) bond motifs is 1. The van der Waals surface area contributed by atoms with Crippen molar-refractivity contribution in [1.29, 1.82) is 0 Å². The van der Waals surface area contributed by atoms with Crippen LogP contribution in [0.25, 0.3) is 5.57 Å². The molecule has 0 fully saturated rings. The molecule has 0 unspecified atom stereocenters. The molecule has 3 nitrogen and oxygen atoms in total. The van der Waals surface area contributed by atoms with Gasteiger partial charge in [-0.3, -0.25) is 9.78 Å². The quantitative estimate of drug-likeness (QED) is 0.546. The topological polar surface area (TPSA) is 42.0 Å². The third-order valence-electron chi connectivity index (χ3n) is 5.50. The fourth-order valence-corrected chi connectivity index (χ4v) is 4.23. The highest BCUT2D eigenvalue weighted by molar-refractivity contribution is 6.30. The first-order valence-corrected chi connectivity index (χ1v) is 10.1. The lowest BCUT2D eigenvalue weighted by molar-refractivity contribution is 0.103. The Balaban J connectivity index is 1.76. The van der Waals surface area contributed by atoms with E-state index in [4.69, 9.17) is 11.6 Å². The van der Waals surface area contributed by atoms with Gasteiger partial charge < -0.3 is 5.32 Å². The number of carbonyl (C=O) groups excluding carboxylic acids is 1. The van der Waals surface area contributed by atoms with Crippen LogP contribution in [0.4, 0.5) is 5.69 Å². The molecular weight excluding hydrogens is 380 g/mol. The molecule has 1 aliphatic rings. The van der Waals surface area contributed by atoms with Gasteiger partial charge >= 0.3 is 0 Å². The van der Waals surface area contributed by atoms with Crippen molar-refractivity contribution in [1.82, 2.24) is 4.98 Å². The molecule has 0 saturated heterocycles. The molecule has 0 radical (unpaired) electrons. The Hall–Kier alpha value is -2.91. The number of aromatic nitrogens is 1. The minimum atomic E-state index is 0.00662. The summed E-state index contributed by atoms with van der Waals surface area (Å²) < 4.78 is 0. The highest BCUT2D eigenvalue weighted by Crippen LogP contribution is 2.37. The van der Waals surface area contributed by atoms with Crippen molar-refractivity contribution in [2.24, 2.45) is 0 Å². The lowest BCUT2D eigenvalue weighted by Gasteiger charge is -2.27. The summed E-state index contributed by atoms with van der Waals surface area (Å²) in [5.74, 6) is 0.117. The van der Waals surface area contributed by atoms with Crippen LogP contribution in [0.1, 0.15) is 52.5 Å². The normalized spacial score (nSPS) is 14.6. The van der Waals surface area contributed by atoms with Crippen molar-refractivity contribution in [3.8, 4) is 0 Å². The van der Waals surface area contributed by atoms with E-state index in [0.717, 1.165) is 51.1 Å². The number of ketones is 1. The summed E-state index contributed by atoms with van der Waals surface area (Å²) in [6, 6.07) is 16.2. The largest absolute Gasteiger partial charge is 0.377 e. The average Bonchev–Trinajstić information content (AvgIpc) is 2.71. The third kappa shape index (κ3) is 3.83. The van der Waals surface area contributed by atoms with Gasteiger partial charge in [-0.1, -0.05) is 53.6 Å². The van der Waals surface area contributed by atoms with Crippen LogP contribution in [0.5, 0.6) is 0 Å². The monoisotopic (exact) mass is 402 g/mol. The number of hydrogen-bond acceptors (Lipinski definition) is 3. The van der Waals surface area contributed by atoms with Crippen LogP contribution in [-0.2, 0) is 6.42 Å². The van der Waals surface area contributed by atoms with E-state index < -0.39 is 0 Å². The van der Waals surface area contributed by atoms with E-state index in [0.29, 0.717) is 5.02 Å². The number of aryl methyl sites for hydroxylation is 1. The first-order valence-electron chi connectivity index (χ1n) is 9.74. The van der Waals surface area contributed by atoms with Gasteiger partial charge in [-0.25, -0.2) is 0 Å². The molecular formula is C25H23ClN2O. The Morgan fingerprint density at radius 2 is 1.83 bits per heavy atom. The maximum atomic E-state index is 13.2. The number of rotatable bonds is 4. The van der Waals surface area contributed by atoms with Gasteiger partial charge in [0.05, 0.1) is 16.9 Å². The minimum Gasteiger partial charge on any atom is -0.377 e. The summed E-state index contributed by atoms with van der Waals surface area (Å²) in [5.41, 5.74) is 8.03. The summed E-state index contributed by atoms with van der Waals surface area (Å²) in [6.07, 6.45) is 4.12. The van der Waals surface area contributed by atoms with Gasteiger partial charge in [-0.15, -0.1) is 0 Å². The molecule has 0 spiro atoms. The second kappa shape index (κ2) is 7.84. The zero-order valence-corrected chi connectivity index (χ0v) is 17.5. The van der Waals surface area contributed by atoms with E-state index in [9.17, 15) is 4.79 Å². The molecule has 0 bridgehead atoms. The molecule has 1 aromatic heterocycles. The van der Waals surface area contributed by atoms with Crippen LogP contribution in [0.15, 0.2) is 66.5 Å². The van der Waals surface area contributed by atoms with Gasteiger partial charge in [0, 0.05) is 23.4 Å². The number of pyridine rings is 1. The molecule has 3 aromatic rings. The van der Waals surface area contributed by atoms with Gasteiger partial charge in [0.1, 0.15) is 0 Å². The molecule has 4 heteroatoms. The Bertz CT molecular complexity index is 1120. The Morgan fingerprint density at radius 3 is 2.55 bits per heavy atom.